The van der Waals surface area contributed by atoms with Gasteiger partial charge in [-0.05, 0) is 45.0 Å². The Morgan fingerprint density at radius 1 is 1.29 bits per heavy atom. The SMILES string of the molecule is [C-]#[N+]/C(=C\c1cc2sc3cc(N(C)CCO)ccc3c2s1)C(=O)OC(C)(C)C. The van der Waals surface area contributed by atoms with Crippen molar-refractivity contribution in [1.29, 1.82) is 0 Å². The number of esters is 1. The van der Waals surface area contributed by atoms with Crippen molar-refractivity contribution in [2.24, 2.45) is 0 Å². The van der Waals surface area contributed by atoms with Crippen LogP contribution in [0.1, 0.15) is 25.6 Å². The van der Waals surface area contributed by atoms with E-state index >= 15 is 0 Å². The predicted molar refractivity (Wildman–Crippen MR) is 118 cm³/mol. The van der Waals surface area contributed by atoms with Crippen LogP contribution in [0.15, 0.2) is 30.0 Å². The number of anilines is 1. The first kappa shape index (κ1) is 20.3. The summed E-state index contributed by atoms with van der Waals surface area (Å²) in [4.78, 5) is 18.4. The lowest BCUT2D eigenvalue weighted by Gasteiger charge is -2.19. The van der Waals surface area contributed by atoms with Gasteiger partial charge in [-0.3, -0.25) is 4.79 Å². The third kappa shape index (κ3) is 4.36. The molecule has 0 radical (unpaired) electrons. The molecule has 0 aliphatic rings. The Labute approximate surface area is 172 Å². The van der Waals surface area contributed by atoms with Gasteiger partial charge in [-0.15, -0.1) is 22.7 Å². The smallest absolute Gasteiger partial charge is 0.336 e. The van der Waals surface area contributed by atoms with Crippen molar-refractivity contribution in [3.8, 4) is 0 Å². The maximum Gasteiger partial charge on any atom is 0.336 e. The number of rotatable bonds is 5. The summed E-state index contributed by atoms with van der Waals surface area (Å²) < 4.78 is 8.76. The minimum Gasteiger partial charge on any atom is -0.465 e. The molecule has 0 unspecified atom stereocenters. The standard InChI is InChI=1S/C21H22N2O3S2/c1-21(2,3)26-20(25)16(22-4)11-14-12-18-19(27-14)15-7-6-13(10-17(15)28-18)23(5)8-9-24/h6-7,10-12,24H,8-9H2,1-3,5H3/b16-11-. The van der Waals surface area contributed by atoms with Crippen LogP contribution in [0.5, 0.6) is 0 Å². The van der Waals surface area contributed by atoms with Crippen molar-refractivity contribution in [1.82, 2.24) is 0 Å². The van der Waals surface area contributed by atoms with Crippen molar-refractivity contribution in [3.63, 3.8) is 0 Å². The maximum atomic E-state index is 12.2. The van der Waals surface area contributed by atoms with Crippen LogP contribution in [0.3, 0.4) is 0 Å². The quantitative estimate of drug-likeness (QED) is 0.357. The van der Waals surface area contributed by atoms with Gasteiger partial charge in [0.1, 0.15) is 5.60 Å². The van der Waals surface area contributed by atoms with Crippen LogP contribution in [0.2, 0.25) is 0 Å². The van der Waals surface area contributed by atoms with E-state index < -0.39 is 11.6 Å². The maximum absolute atomic E-state index is 12.2. The van der Waals surface area contributed by atoms with E-state index in [1.165, 1.54) is 4.70 Å². The molecule has 0 saturated heterocycles. The Kier molecular flexibility index (Phi) is 5.75. The van der Waals surface area contributed by atoms with Crippen LogP contribution in [0.4, 0.5) is 5.69 Å². The molecule has 0 saturated carbocycles. The molecule has 1 aromatic carbocycles. The number of carbonyl (C=O) groups is 1. The second kappa shape index (κ2) is 7.92. The Balaban J connectivity index is 1.94. The molecule has 7 heteroatoms. The number of hydrogen-bond acceptors (Lipinski definition) is 6. The molecule has 0 bridgehead atoms. The van der Waals surface area contributed by atoms with Crippen molar-refractivity contribution in [2.45, 2.75) is 26.4 Å². The highest BCUT2D eigenvalue weighted by Gasteiger charge is 2.21. The fourth-order valence-corrected chi connectivity index (χ4v) is 5.25. The Hall–Kier alpha value is -2.40. The van der Waals surface area contributed by atoms with Crippen molar-refractivity contribution < 1.29 is 14.6 Å². The van der Waals surface area contributed by atoms with Gasteiger partial charge in [0.15, 0.2) is 0 Å². The molecule has 0 amide bonds. The molecule has 5 nitrogen and oxygen atoms in total. The lowest BCUT2D eigenvalue weighted by Crippen LogP contribution is -2.24. The second-order valence-corrected chi connectivity index (χ2v) is 9.58. The summed E-state index contributed by atoms with van der Waals surface area (Å²) in [6, 6.07) is 8.27. The van der Waals surface area contributed by atoms with Gasteiger partial charge in [0.05, 0.1) is 17.9 Å². The van der Waals surface area contributed by atoms with Crippen LogP contribution < -0.4 is 4.90 Å². The zero-order valence-electron chi connectivity index (χ0n) is 16.3. The van der Waals surface area contributed by atoms with Gasteiger partial charge < -0.3 is 14.7 Å². The van der Waals surface area contributed by atoms with E-state index in [4.69, 9.17) is 16.4 Å². The molecule has 28 heavy (non-hydrogen) atoms. The zero-order chi connectivity index (χ0) is 20.5. The molecule has 3 aromatic rings. The number of thiophene rings is 2. The first-order chi connectivity index (χ1) is 13.2. The third-order valence-electron chi connectivity index (χ3n) is 4.03. The van der Waals surface area contributed by atoms with Gasteiger partial charge in [-0.25, -0.2) is 4.85 Å². The van der Waals surface area contributed by atoms with Gasteiger partial charge in [-0.2, -0.15) is 0 Å². The molecule has 0 atom stereocenters. The van der Waals surface area contributed by atoms with Crippen LogP contribution >= 0.6 is 22.7 Å². The summed E-state index contributed by atoms with van der Waals surface area (Å²) in [6.45, 7) is 13.4. The van der Waals surface area contributed by atoms with Crippen LogP contribution in [-0.4, -0.2) is 36.9 Å². The van der Waals surface area contributed by atoms with Gasteiger partial charge in [0.25, 0.3) is 5.70 Å². The predicted octanol–water partition coefficient (Wildman–Crippen LogP) is 5.15. The highest BCUT2D eigenvalue weighted by atomic mass is 32.1. The lowest BCUT2D eigenvalue weighted by molar-refractivity contribution is -0.149. The highest BCUT2D eigenvalue weighted by molar-refractivity contribution is 7.33. The number of aliphatic hydroxyl groups excluding tert-OH is 1. The van der Waals surface area contributed by atoms with E-state index in [0.717, 1.165) is 25.4 Å². The van der Waals surface area contributed by atoms with E-state index in [1.54, 1.807) is 49.5 Å². The topological polar surface area (TPSA) is 54.1 Å². The lowest BCUT2D eigenvalue weighted by atomic mass is 10.2. The number of likely N-dealkylation sites (N-methyl/N-ethyl adjacent to an activating group) is 1. The van der Waals surface area contributed by atoms with Crippen molar-refractivity contribution in [3.05, 3.63) is 46.3 Å². The summed E-state index contributed by atoms with van der Waals surface area (Å²) >= 11 is 3.25. The molecule has 0 fully saturated rings. The van der Waals surface area contributed by atoms with Gasteiger partial charge in [-0.1, -0.05) is 6.07 Å². The fourth-order valence-electron chi connectivity index (χ4n) is 2.75. The normalized spacial score (nSPS) is 12.4. The van der Waals surface area contributed by atoms with Gasteiger partial charge >= 0.3 is 5.97 Å². The summed E-state index contributed by atoms with van der Waals surface area (Å²) in [7, 11) is 1.96. The Morgan fingerprint density at radius 3 is 2.68 bits per heavy atom. The van der Waals surface area contributed by atoms with Crippen molar-refractivity contribution >= 4 is 59.9 Å². The summed E-state index contributed by atoms with van der Waals surface area (Å²) in [5, 5.41) is 10.3. The summed E-state index contributed by atoms with van der Waals surface area (Å²) in [6.07, 6.45) is 1.60. The minimum atomic E-state index is -0.631. The zero-order valence-corrected chi connectivity index (χ0v) is 17.9. The van der Waals surface area contributed by atoms with E-state index in [0.29, 0.717) is 6.54 Å². The highest BCUT2D eigenvalue weighted by Crippen LogP contribution is 2.41. The van der Waals surface area contributed by atoms with Crippen LogP contribution in [-0.2, 0) is 9.53 Å². The average molecular weight is 415 g/mol. The second-order valence-electron chi connectivity index (χ2n) is 7.41. The first-order valence-corrected chi connectivity index (χ1v) is 10.5. The molecular weight excluding hydrogens is 392 g/mol. The number of carbonyl (C=O) groups excluding carboxylic acids is 1. The third-order valence-corrected chi connectivity index (χ3v) is 6.37. The Bertz CT molecular complexity index is 1100. The first-order valence-electron chi connectivity index (χ1n) is 8.82. The largest absolute Gasteiger partial charge is 0.465 e. The average Bonchev–Trinajstić information content (AvgIpc) is 3.14. The number of fused-ring (bicyclic) bond motifs is 3. The molecule has 1 N–H and O–H groups in total. The van der Waals surface area contributed by atoms with Gasteiger partial charge in [0, 0.05) is 38.9 Å². The Morgan fingerprint density at radius 2 is 2.04 bits per heavy atom. The molecule has 0 spiro atoms. The van der Waals surface area contributed by atoms with Crippen LogP contribution in [0.25, 0.3) is 30.4 Å². The number of nitrogens with zero attached hydrogens (tertiary/aromatic N) is 2. The fraction of sp³-hybridized carbons (Fsp3) is 0.333. The molecule has 2 aromatic heterocycles. The molecule has 0 aliphatic carbocycles. The number of ether oxygens (including phenoxy) is 1. The summed E-state index contributed by atoms with van der Waals surface area (Å²) in [5.74, 6) is -0.597. The van der Waals surface area contributed by atoms with E-state index in [1.807, 2.05) is 24.1 Å². The molecular formula is C21H22N2O3S2. The van der Waals surface area contributed by atoms with E-state index in [2.05, 4.69) is 17.0 Å². The molecule has 0 aliphatic heterocycles. The van der Waals surface area contributed by atoms with E-state index in [9.17, 15) is 4.79 Å². The number of aliphatic hydroxyl groups is 1. The summed E-state index contributed by atoms with van der Waals surface area (Å²) in [5.41, 5.74) is 0.421. The van der Waals surface area contributed by atoms with Gasteiger partial charge in [0.2, 0.25) is 0 Å². The van der Waals surface area contributed by atoms with E-state index in [-0.39, 0.29) is 12.3 Å². The number of benzene rings is 1. The molecule has 3 rings (SSSR count). The van der Waals surface area contributed by atoms with Crippen molar-refractivity contribution in [2.75, 3.05) is 25.1 Å². The number of hydrogen-bond donors (Lipinski definition) is 1. The van der Waals surface area contributed by atoms with Crippen LogP contribution in [0, 0.1) is 6.57 Å². The minimum absolute atomic E-state index is 0.0129. The molecule has 2 heterocycles. The molecule has 146 valence electrons. The monoisotopic (exact) mass is 414 g/mol.